The predicted molar refractivity (Wildman–Crippen MR) is 52.9 cm³/mol. The molecule has 2 rings (SSSR count). The lowest BCUT2D eigenvalue weighted by atomic mass is 9.77. The van der Waals surface area contributed by atoms with Gasteiger partial charge in [0.15, 0.2) is 0 Å². The summed E-state index contributed by atoms with van der Waals surface area (Å²) >= 11 is 0. The molecule has 0 spiro atoms. The Labute approximate surface area is 78.7 Å². The fraction of sp³-hybridized carbons (Fsp3) is 0.400. The monoisotopic (exact) mass is 176 g/mol. The lowest BCUT2D eigenvalue weighted by molar-refractivity contribution is 0.101. The van der Waals surface area contributed by atoms with Gasteiger partial charge in [0.25, 0.3) is 0 Å². The standard InChI is InChI=1S/C10H13BO2/c1-7-4-5-8-9(6-7)11(12)13-10(8,2)3/h4-6,12H,1-3H3. The first-order valence-electron chi connectivity index (χ1n) is 4.47. The van der Waals surface area contributed by atoms with Crippen LogP contribution >= 0.6 is 0 Å². The first kappa shape index (κ1) is 8.79. The topological polar surface area (TPSA) is 29.5 Å². The Kier molecular flexibility index (Phi) is 1.75. The van der Waals surface area contributed by atoms with Crippen molar-refractivity contribution in [3.8, 4) is 0 Å². The fourth-order valence-corrected chi connectivity index (χ4v) is 1.84. The first-order chi connectivity index (χ1) is 6.00. The molecule has 13 heavy (non-hydrogen) atoms. The summed E-state index contributed by atoms with van der Waals surface area (Å²) in [5.74, 6) is 0. The summed E-state index contributed by atoms with van der Waals surface area (Å²) in [6.07, 6.45) is 0. The highest BCUT2D eigenvalue weighted by Gasteiger charge is 2.40. The normalized spacial score (nSPS) is 18.9. The maximum absolute atomic E-state index is 9.62. The van der Waals surface area contributed by atoms with Crippen molar-refractivity contribution in [1.29, 1.82) is 0 Å². The second kappa shape index (κ2) is 2.60. The van der Waals surface area contributed by atoms with Gasteiger partial charge in [0.2, 0.25) is 0 Å². The SMILES string of the molecule is Cc1ccc2c(c1)B(O)OC2(C)C. The molecule has 0 bridgehead atoms. The zero-order valence-corrected chi connectivity index (χ0v) is 8.16. The van der Waals surface area contributed by atoms with Crippen molar-refractivity contribution in [2.75, 3.05) is 0 Å². The summed E-state index contributed by atoms with van der Waals surface area (Å²) < 4.78 is 5.43. The smallest absolute Gasteiger partial charge is 0.423 e. The molecule has 0 aliphatic carbocycles. The Morgan fingerprint density at radius 1 is 1.38 bits per heavy atom. The van der Waals surface area contributed by atoms with Crippen molar-refractivity contribution < 1.29 is 9.68 Å². The van der Waals surface area contributed by atoms with Gasteiger partial charge in [-0.2, -0.15) is 0 Å². The average molecular weight is 176 g/mol. The van der Waals surface area contributed by atoms with E-state index in [1.807, 2.05) is 39.0 Å². The van der Waals surface area contributed by atoms with Gasteiger partial charge in [-0.25, -0.2) is 0 Å². The summed E-state index contributed by atoms with van der Waals surface area (Å²) in [4.78, 5) is 0. The highest BCUT2D eigenvalue weighted by atomic mass is 16.5. The average Bonchev–Trinajstić information content (AvgIpc) is 2.22. The van der Waals surface area contributed by atoms with Gasteiger partial charge < -0.3 is 9.68 Å². The summed E-state index contributed by atoms with van der Waals surface area (Å²) in [6, 6.07) is 6.05. The summed E-state index contributed by atoms with van der Waals surface area (Å²) in [6.45, 7) is 5.95. The van der Waals surface area contributed by atoms with Gasteiger partial charge in [0.05, 0.1) is 5.60 Å². The van der Waals surface area contributed by atoms with Gasteiger partial charge >= 0.3 is 7.12 Å². The van der Waals surface area contributed by atoms with E-state index in [2.05, 4.69) is 0 Å². The van der Waals surface area contributed by atoms with Crippen molar-refractivity contribution in [2.24, 2.45) is 0 Å². The lowest BCUT2D eigenvalue weighted by Gasteiger charge is -2.19. The van der Waals surface area contributed by atoms with Crippen LogP contribution in [0.15, 0.2) is 18.2 Å². The van der Waals surface area contributed by atoms with Crippen molar-refractivity contribution in [3.63, 3.8) is 0 Å². The molecule has 0 amide bonds. The number of hydrogen-bond acceptors (Lipinski definition) is 2. The molecule has 0 radical (unpaired) electrons. The molecule has 1 aliphatic rings. The zero-order chi connectivity index (χ0) is 9.64. The van der Waals surface area contributed by atoms with E-state index in [1.165, 1.54) is 0 Å². The van der Waals surface area contributed by atoms with Crippen LogP contribution in [0, 0.1) is 6.92 Å². The Hall–Kier alpha value is -0.795. The van der Waals surface area contributed by atoms with E-state index >= 15 is 0 Å². The van der Waals surface area contributed by atoms with Crippen LogP contribution in [0.4, 0.5) is 0 Å². The van der Waals surface area contributed by atoms with E-state index in [9.17, 15) is 5.02 Å². The molecular weight excluding hydrogens is 163 g/mol. The minimum atomic E-state index is -0.759. The minimum Gasteiger partial charge on any atom is -0.423 e. The van der Waals surface area contributed by atoms with Crippen LogP contribution in [0.3, 0.4) is 0 Å². The summed E-state index contributed by atoms with van der Waals surface area (Å²) in [5.41, 5.74) is 2.79. The molecule has 0 aromatic heterocycles. The molecule has 0 saturated carbocycles. The molecule has 1 aromatic rings. The van der Waals surface area contributed by atoms with Crippen LogP contribution in [0.5, 0.6) is 0 Å². The number of fused-ring (bicyclic) bond motifs is 1. The van der Waals surface area contributed by atoms with Gasteiger partial charge in [0.1, 0.15) is 0 Å². The summed E-state index contributed by atoms with van der Waals surface area (Å²) in [5, 5.41) is 9.62. The fourth-order valence-electron chi connectivity index (χ4n) is 1.84. The maximum atomic E-state index is 9.62. The van der Waals surface area contributed by atoms with Gasteiger partial charge in [-0.15, -0.1) is 0 Å². The van der Waals surface area contributed by atoms with Crippen LogP contribution in [0.1, 0.15) is 25.0 Å². The van der Waals surface area contributed by atoms with Crippen LogP contribution in [0.2, 0.25) is 0 Å². The third-order valence-corrected chi connectivity index (χ3v) is 2.53. The molecule has 0 saturated heterocycles. The van der Waals surface area contributed by atoms with E-state index in [0.717, 1.165) is 16.6 Å². The second-order valence-electron chi connectivity index (χ2n) is 4.07. The van der Waals surface area contributed by atoms with E-state index in [0.29, 0.717) is 0 Å². The van der Waals surface area contributed by atoms with Gasteiger partial charge in [-0.05, 0) is 31.8 Å². The molecule has 1 heterocycles. The number of rotatable bonds is 0. The third kappa shape index (κ3) is 1.28. The lowest BCUT2D eigenvalue weighted by Crippen LogP contribution is -2.28. The van der Waals surface area contributed by atoms with Crippen molar-refractivity contribution in [1.82, 2.24) is 0 Å². The van der Waals surface area contributed by atoms with Crippen molar-refractivity contribution in [2.45, 2.75) is 26.4 Å². The van der Waals surface area contributed by atoms with E-state index in [4.69, 9.17) is 4.65 Å². The largest absolute Gasteiger partial charge is 0.492 e. The van der Waals surface area contributed by atoms with E-state index in [1.54, 1.807) is 0 Å². The number of benzene rings is 1. The molecule has 68 valence electrons. The molecular formula is C10H13BO2. The highest BCUT2D eigenvalue weighted by Crippen LogP contribution is 2.29. The summed E-state index contributed by atoms with van der Waals surface area (Å²) in [7, 11) is -0.759. The van der Waals surface area contributed by atoms with Crippen molar-refractivity contribution >= 4 is 12.6 Å². The maximum Gasteiger partial charge on any atom is 0.492 e. The van der Waals surface area contributed by atoms with Crippen LogP contribution in [-0.4, -0.2) is 12.1 Å². The van der Waals surface area contributed by atoms with Crippen LogP contribution < -0.4 is 5.46 Å². The number of aryl methyl sites for hydroxylation is 1. The minimum absolute atomic E-state index is 0.359. The van der Waals surface area contributed by atoms with E-state index < -0.39 is 7.12 Å². The Morgan fingerprint density at radius 3 is 2.77 bits per heavy atom. The van der Waals surface area contributed by atoms with Gasteiger partial charge in [-0.3, -0.25) is 0 Å². The molecule has 0 atom stereocenters. The molecule has 1 aliphatic heterocycles. The predicted octanol–water partition coefficient (Wildman–Crippen LogP) is 0.948. The van der Waals surface area contributed by atoms with Crippen LogP contribution in [0.25, 0.3) is 0 Å². The molecule has 0 unspecified atom stereocenters. The van der Waals surface area contributed by atoms with Gasteiger partial charge in [-0.1, -0.05) is 23.8 Å². The Balaban J connectivity index is 2.59. The molecule has 0 fully saturated rings. The molecule has 1 aromatic carbocycles. The Morgan fingerprint density at radius 2 is 2.08 bits per heavy atom. The molecule has 3 heteroatoms. The van der Waals surface area contributed by atoms with E-state index in [-0.39, 0.29) is 5.60 Å². The first-order valence-corrected chi connectivity index (χ1v) is 4.47. The van der Waals surface area contributed by atoms with Crippen molar-refractivity contribution in [3.05, 3.63) is 29.3 Å². The number of hydrogen-bond donors (Lipinski definition) is 1. The molecule has 2 nitrogen and oxygen atoms in total. The second-order valence-corrected chi connectivity index (χ2v) is 4.07. The zero-order valence-electron chi connectivity index (χ0n) is 8.16. The third-order valence-electron chi connectivity index (χ3n) is 2.53. The highest BCUT2D eigenvalue weighted by molar-refractivity contribution is 6.62. The Bertz CT molecular complexity index is 347. The quantitative estimate of drug-likeness (QED) is 0.596. The van der Waals surface area contributed by atoms with Gasteiger partial charge in [0, 0.05) is 0 Å². The van der Waals surface area contributed by atoms with Crippen LogP contribution in [-0.2, 0) is 10.3 Å². The molecule has 1 N–H and O–H groups in total.